The predicted molar refractivity (Wildman–Crippen MR) is 118 cm³/mol. The lowest BCUT2D eigenvalue weighted by Crippen LogP contribution is -2.10. The number of esters is 1. The fourth-order valence-corrected chi connectivity index (χ4v) is 5.08. The van der Waals surface area contributed by atoms with Crippen molar-refractivity contribution in [2.75, 3.05) is 0 Å². The van der Waals surface area contributed by atoms with E-state index in [1.54, 1.807) is 18.2 Å². The van der Waals surface area contributed by atoms with Gasteiger partial charge in [-0.3, -0.25) is 9.59 Å². The first-order chi connectivity index (χ1) is 14.7. The van der Waals surface area contributed by atoms with Crippen LogP contribution in [0.3, 0.4) is 0 Å². The lowest BCUT2D eigenvalue weighted by atomic mass is 10.0. The first-order valence-electron chi connectivity index (χ1n) is 10.3. The fraction of sp³-hybridized carbons (Fsp3) is 0.292. The summed E-state index contributed by atoms with van der Waals surface area (Å²) in [6, 6.07) is 12.7. The number of nitrogens with zero attached hydrogens (tertiary/aromatic N) is 1. The van der Waals surface area contributed by atoms with Crippen molar-refractivity contribution in [3.8, 4) is 16.3 Å². The Bertz CT molecular complexity index is 1250. The van der Waals surface area contributed by atoms with E-state index in [2.05, 4.69) is 4.98 Å². The van der Waals surface area contributed by atoms with Gasteiger partial charge in [0.05, 0.1) is 21.2 Å². The van der Waals surface area contributed by atoms with Crippen LogP contribution in [0.25, 0.3) is 31.8 Å². The zero-order chi connectivity index (χ0) is 20.5. The number of fused-ring (bicyclic) bond motifs is 2. The standard InChI is InChI=1S/C24H21NO4S/c26-22(12-9-15-5-1-2-6-15)29-16-10-11-17-20(13-16)28-14-18(23(17)27)24-25-19-7-3-4-8-21(19)30-24/h3-4,7-8,10-11,13-15H,1-2,5-6,9,12H2. The molecular formula is C24H21NO4S. The van der Waals surface area contributed by atoms with Gasteiger partial charge in [-0.25, -0.2) is 4.98 Å². The molecule has 0 spiro atoms. The summed E-state index contributed by atoms with van der Waals surface area (Å²) in [5.41, 5.74) is 1.54. The Morgan fingerprint density at radius 2 is 2.00 bits per heavy atom. The zero-order valence-electron chi connectivity index (χ0n) is 16.4. The van der Waals surface area contributed by atoms with Crippen molar-refractivity contribution in [2.24, 2.45) is 5.92 Å². The summed E-state index contributed by atoms with van der Waals surface area (Å²) < 4.78 is 12.2. The Morgan fingerprint density at radius 1 is 1.17 bits per heavy atom. The topological polar surface area (TPSA) is 69.4 Å². The lowest BCUT2D eigenvalue weighted by Gasteiger charge is -2.09. The second-order valence-corrected chi connectivity index (χ2v) is 8.82. The van der Waals surface area contributed by atoms with E-state index in [0.717, 1.165) is 16.6 Å². The van der Waals surface area contributed by atoms with Gasteiger partial charge in [0.15, 0.2) is 0 Å². The molecule has 2 heterocycles. The molecule has 0 amide bonds. The number of rotatable bonds is 5. The SMILES string of the molecule is O=C(CCC1CCCC1)Oc1ccc2c(=O)c(-c3nc4ccccc4s3)coc2c1. The summed E-state index contributed by atoms with van der Waals surface area (Å²) >= 11 is 1.46. The summed E-state index contributed by atoms with van der Waals surface area (Å²) in [7, 11) is 0. The summed E-state index contributed by atoms with van der Waals surface area (Å²) in [4.78, 5) is 29.7. The van der Waals surface area contributed by atoms with Crippen LogP contribution < -0.4 is 10.2 Å². The molecule has 1 fully saturated rings. The number of carbonyl (C=O) groups is 1. The molecule has 5 rings (SSSR count). The molecule has 0 saturated heterocycles. The van der Waals surface area contributed by atoms with Gasteiger partial charge in [0, 0.05) is 12.5 Å². The number of hydrogen-bond acceptors (Lipinski definition) is 6. The third kappa shape index (κ3) is 3.75. The summed E-state index contributed by atoms with van der Waals surface area (Å²) in [5, 5.41) is 1.08. The highest BCUT2D eigenvalue weighted by molar-refractivity contribution is 7.21. The van der Waals surface area contributed by atoms with Crippen molar-refractivity contribution in [1.82, 2.24) is 4.98 Å². The van der Waals surface area contributed by atoms with Gasteiger partial charge in [0.1, 0.15) is 22.6 Å². The molecule has 0 atom stereocenters. The molecule has 1 aliphatic carbocycles. The van der Waals surface area contributed by atoms with Crippen molar-refractivity contribution in [1.29, 1.82) is 0 Å². The molecule has 1 saturated carbocycles. The van der Waals surface area contributed by atoms with Gasteiger partial charge in [-0.05, 0) is 36.6 Å². The zero-order valence-corrected chi connectivity index (χ0v) is 17.2. The number of hydrogen-bond donors (Lipinski definition) is 0. The fourth-order valence-electron chi connectivity index (χ4n) is 4.11. The van der Waals surface area contributed by atoms with E-state index in [4.69, 9.17) is 9.15 Å². The highest BCUT2D eigenvalue weighted by Gasteiger charge is 2.18. The lowest BCUT2D eigenvalue weighted by molar-refractivity contribution is -0.134. The van der Waals surface area contributed by atoms with Crippen molar-refractivity contribution >= 4 is 38.5 Å². The third-order valence-electron chi connectivity index (χ3n) is 5.73. The van der Waals surface area contributed by atoms with Gasteiger partial charge < -0.3 is 9.15 Å². The van der Waals surface area contributed by atoms with Gasteiger partial charge >= 0.3 is 5.97 Å². The monoisotopic (exact) mass is 419 g/mol. The molecule has 30 heavy (non-hydrogen) atoms. The number of carbonyl (C=O) groups excluding carboxylic acids is 1. The Labute approximate surface area is 177 Å². The number of benzene rings is 2. The minimum absolute atomic E-state index is 0.144. The highest BCUT2D eigenvalue weighted by atomic mass is 32.1. The van der Waals surface area contributed by atoms with Crippen LogP contribution in [0.2, 0.25) is 0 Å². The number of para-hydroxylation sites is 1. The molecule has 1 aliphatic rings. The Morgan fingerprint density at radius 3 is 2.83 bits per heavy atom. The van der Waals surface area contributed by atoms with E-state index in [0.29, 0.717) is 39.6 Å². The molecule has 0 radical (unpaired) electrons. The van der Waals surface area contributed by atoms with Crippen LogP contribution in [-0.4, -0.2) is 11.0 Å². The van der Waals surface area contributed by atoms with Gasteiger partial charge in [-0.15, -0.1) is 11.3 Å². The summed E-state index contributed by atoms with van der Waals surface area (Å²) in [6.07, 6.45) is 7.70. The van der Waals surface area contributed by atoms with E-state index < -0.39 is 0 Å². The quantitative estimate of drug-likeness (QED) is 0.295. The molecule has 0 unspecified atom stereocenters. The summed E-state index contributed by atoms with van der Waals surface area (Å²) in [5.74, 6) is 0.803. The molecule has 5 nitrogen and oxygen atoms in total. The van der Waals surface area contributed by atoms with Crippen LogP contribution in [-0.2, 0) is 4.79 Å². The van der Waals surface area contributed by atoms with Crippen molar-refractivity contribution in [2.45, 2.75) is 38.5 Å². The van der Waals surface area contributed by atoms with Gasteiger partial charge in [0.25, 0.3) is 0 Å². The average Bonchev–Trinajstić information content (AvgIpc) is 3.42. The Balaban J connectivity index is 1.37. The number of thiazole rings is 1. The van der Waals surface area contributed by atoms with E-state index in [9.17, 15) is 9.59 Å². The molecular weight excluding hydrogens is 398 g/mol. The molecule has 2 aromatic carbocycles. The van der Waals surface area contributed by atoms with E-state index in [-0.39, 0.29) is 11.4 Å². The van der Waals surface area contributed by atoms with Gasteiger partial charge in [0.2, 0.25) is 5.43 Å². The van der Waals surface area contributed by atoms with Crippen LogP contribution >= 0.6 is 11.3 Å². The second kappa shape index (κ2) is 8.03. The predicted octanol–water partition coefficient (Wildman–Crippen LogP) is 5.95. The first kappa shape index (κ1) is 19.0. The van der Waals surface area contributed by atoms with Crippen molar-refractivity contribution in [3.05, 3.63) is 59.0 Å². The van der Waals surface area contributed by atoms with Crippen LogP contribution in [0.15, 0.2) is 57.9 Å². The van der Waals surface area contributed by atoms with Crippen molar-refractivity contribution in [3.63, 3.8) is 0 Å². The molecule has 0 N–H and O–H groups in total. The Hall–Kier alpha value is -2.99. The maximum atomic E-state index is 13.0. The minimum atomic E-state index is -0.241. The van der Waals surface area contributed by atoms with Gasteiger partial charge in [-0.2, -0.15) is 0 Å². The van der Waals surface area contributed by atoms with E-state index in [1.807, 2.05) is 24.3 Å². The smallest absolute Gasteiger partial charge is 0.311 e. The Kier molecular flexibility index (Phi) is 5.09. The van der Waals surface area contributed by atoms with Crippen LogP contribution in [0.5, 0.6) is 5.75 Å². The average molecular weight is 420 g/mol. The summed E-state index contributed by atoms with van der Waals surface area (Å²) in [6.45, 7) is 0. The molecule has 6 heteroatoms. The second-order valence-electron chi connectivity index (χ2n) is 7.79. The maximum absolute atomic E-state index is 13.0. The third-order valence-corrected chi connectivity index (χ3v) is 6.80. The molecule has 0 bridgehead atoms. The van der Waals surface area contributed by atoms with Crippen molar-refractivity contribution < 1.29 is 13.9 Å². The first-order valence-corrected chi connectivity index (χ1v) is 11.1. The minimum Gasteiger partial charge on any atom is -0.463 e. The molecule has 152 valence electrons. The normalized spacial score (nSPS) is 14.5. The van der Waals surface area contributed by atoms with Crippen LogP contribution in [0.1, 0.15) is 38.5 Å². The van der Waals surface area contributed by atoms with Gasteiger partial charge in [-0.1, -0.05) is 37.8 Å². The largest absolute Gasteiger partial charge is 0.463 e. The molecule has 4 aromatic rings. The molecule has 0 aliphatic heterocycles. The van der Waals surface area contributed by atoms with Crippen LogP contribution in [0, 0.1) is 5.92 Å². The molecule has 2 aromatic heterocycles. The van der Waals surface area contributed by atoms with E-state index >= 15 is 0 Å². The maximum Gasteiger partial charge on any atom is 0.311 e. The number of ether oxygens (including phenoxy) is 1. The highest BCUT2D eigenvalue weighted by Crippen LogP contribution is 2.31. The van der Waals surface area contributed by atoms with Crippen LogP contribution in [0.4, 0.5) is 0 Å². The number of aromatic nitrogens is 1. The van der Waals surface area contributed by atoms with E-state index in [1.165, 1.54) is 43.3 Å².